The summed E-state index contributed by atoms with van der Waals surface area (Å²) in [5.41, 5.74) is 3.47. The minimum atomic E-state index is -0.438. The highest BCUT2D eigenvalue weighted by atomic mass is 32.1. The predicted octanol–water partition coefficient (Wildman–Crippen LogP) is 5.59. The molecule has 2 heterocycles. The van der Waals surface area contributed by atoms with E-state index in [-0.39, 0.29) is 11.7 Å². The second kappa shape index (κ2) is 9.68. The van der Waals surface area contributed by atoms with Crippen LogP contribution in [0.25, 0.3) is 0 Å². The molecule has 5 rings (SSSR count). The summed E-state index contributed by atoms with van der Waals surface area (Å²) >= 11 is 1.36. The van der Waals surface area contributed by atoms with Crippen molar-refractivity contribution in [3.63, 3.8) is 0 Å². The third-order valence-electron chi connectivity index (χ3n) is 5.80. The summed E-state index contributed by atoms with van der Waals surface area (Å²) in [5.74, 6) is -0.280. The Bertz CT molecular complexity index is 1380. The maximum absolute atomic E-state index is 13.1. The van der Waals surface area contributed by atoms with Crippen LogP contribution in [0, 0.1) is 5.82 Å². The molecule has 0 bridgehead atoms. The molecule has 1 amide bonds. The smallest absolute Gasteiger partial charge is 0.339 e. The van der Waals surface area contributed by atoms with Gasteiger partial charge in [-0.05, 0) is 59.2 Å². The Morgan fingerprint density at radius 2 is 1.91 bits per heavy atom. The number of hydrogen-bond donors (Lipinski definition) is 1. The Morgan fingerprint density at radius 1 is 1.14 bits per heavy atom. The van der Waals surface area contributed by atoms with Gasteiger partial charge >= 0.3 is 5.97 Å². The topological polar surface area (TPSA) is 77.5 Å². The highest BCUT2D eigenvalue weighted by molar-refractivity contribution is 7.15. The van der Waals surface area contributed by atoms with Crippen LogP contribution < -0.4 is 10.1 Å². The molecule has 0 radical (unpaired) electrons. The quantitative estimate of drug-likeness (QED) is 0.358. The molecule has 1 aliphatic rings. The van der Waals surface area contributed by atoms with Crippen molar-refractivity contribution in [2.75, 3.05) is 12.4 Å². The van der Waals surface area contributed by atoms with E-state index in [0.717, 1.165) is 27.3 Å². The maximum atomic E-state index is 13.1. The number of esters is 1. The molecule has 0 fully saturated rings. The average molecular weight is 489 g/mol. The number of thiazole rings is 1. The monoisotopic (exact) mass is 488 g/mol. The normalized spacial score (nSPS) is 14.7. The van der Waals surface area contributed by atoms with E-state index in [4.69, 9.17) is 9.47 Å². The molecule has 1 atom stereocenters. The number of rotatable bonds is 6. The van der Waals surface area contributed by atoms with Crippen LogP contribution in [0.1, 0.15) is 48.4 Å². The number of methoxy groups -OCH3 is 1. The van der Waals surface area contributed by atoms with E-state index in [1.807, 2.05) is 24.3 Å². The van der Waals surface area contributed by atoms with E-state index < -0.39 is 12.1 Å². The van der Waals surface area contributed by atoms with Crippen LogP contribution in [0.3, 0.4) is 0 Å². The molecule has 6 nitrogen and oxygen atoms in total. The lowest BCUT2D eigenvalue weighted by Gasteiger charge is -2.25. The standard InChI is InChI=1S/C27H21FN2O4S/c1-33-21-9-4-17(5-10-21)24-14-19-13-18(6-11-23(19)26(32)34-24)25(31)30-27-29-15-22(35-27)12-16-2-7-20(28)8-3-16/h2-11,13,15,24H,12,14H2,1H3,(H,29,30,31). The molecular weight excluding hydrogens is 467 g/mol. The minimum Gasteiger partial charge on any atom is -0.497 e. The van der Waals surface area contributed by atoms with Gasteiger partial charge in [0.2, 0.25) is 0 Å². The molecule has 1 unspecified atom stereocenters. The SMILES string of the molecule is COc1ccc(C2Cc3cc(C(=O)Nc4ncc(Cc5ccc(F)cc5)s4)ccc3C(=O)O2)cc1. The number of amides is 1. The van der Waals surface area contributed by atoms with Gasteiger partial charge in [-0.1, -0.05) is 24.3 Å². The molecule has 1 N–H and O–H groups in total. The van der Waals surface area contributed by atoms with E-state index in [2.05, 4.69) is 10.3 Å². The summed E-state index contributed by atoms with van der Waals surface area (Å²) < 4.78 is 23.9. The van der Waals surface area contributed by atoms with Crippen molar-refractivity contribution in [3.05, 3.63) is 111 Å². The van der Waals surface area contributed by atoms with Crippen LogP contribution in [0.15, 0.2) is 72.9 Å². The molecular formula is C27H21FN2O4S. The van der Waals surface area contributed by atoms with Gasteiger partial charge < -0.3 is 9.47 Å². The fraction of sp³-hybridized carbons (Fsp3) is 0.148. The van der Waals surface area contributed by atoms with Gasteiger partial charge in [-0.2, -0.15) is 0 Å². The molecule has 4 aromatic rings. The molecule has 1 aromatic heterocycles. The van der Waals surface area contributed by atoms with E-state index in [9.17, 15) is 14.0 Å². The van der Waals surface area contributed by atoms with Gasteiger partial charge in [0.15, 0.2) is 5.13 Å². The first-order valence-corrected chi connectivity index (χ1v) is 11.8. The number of nitrogens with one attached hydrogen (secondary N) is 1. The van der Waals surface area contributed by atoms with Crippen molar-refractivity contribution in [2.24, 2.45) is 0 Å². The maximum Gasteiger partial charge on any atom is 0.339 e. The summed E-state index contributed by atoms with van der Waals surface area (Å²) in [7, 11) is 1.59. The summed E-state index contributed by atoms with van der Waals surface area (Å²) in [6, 6.07) is 18.6. The van der Waals surface area contributed by atoms with Crippen LogP contribution in [0.5, 0.6) is 5.75 Å². The number of aromatic nitrogens is 1. The van der Waals surface area contributed by atoms with Crippen molar-refractivity contribution in [1.29, 1.82) is 0 Å². The Kier molecular flexibility index (Phi) is 6.29. The predicted molar refractivity (Wildman–Crippen MR) is 131 cm³/mol. The molecule has 0 spiro atoms. The molecule has 0 saturated heterocycles. The fourth-order valence-electron chi connectivity index (χ4n) is 3.96. The molecule has 8 heteroatoms. The van der Waals surface area contributed by atoms with E-state index in [0.29, 0.717) is 29.1 Å². The van der Waals surface area contributed by atoms with Crippen LogP contribution in [-0.4, -0.2) is 24.0 Å². The Balaban J connectivity index is 1.29. The van der Waals surface area contributed by atoms with Crippen molar-refractivity contribution >= 4 is 28.3 Å². The molecule has 3 aromatic carbocycles. The Hall–Kier alpha value is -4.04. The van der Waals surface area contributed by atoms with E-state index in [1.165, 1.54) is 23.5 Å². The first-order valence-electron chi connectivity index (χ1n) is 11.0. The van der Waals surface area contributed by atoms with Crippen molar-refractivity contribution < 1.29 is 23.5 Å². The number of halogens is 1. The van der Waals surface area contributed by atoms with Gasteiger partial charge in [0.05, 0.1) is 12.7 Å². The minimum absolute atomic E-state index is 0.278. The summed E-state index contributed by atoms with van der Waals surface area (Å²) in [5, 5.41) is 3.30. The summed E-state index contributed by atoms with van der Waals surface area (Å²) in [6.07, 6.45) is 2.33. The lowest BCUT2D eigenvalue weighted by Crippen LogP contribution is -2.23. The third-order valence-corrected chi connectivity index (χ3v) is 6.71. The lowest BCUT2D eigenvalue weighted by atomic mass is 9.93. The molecule has 0 aliphatic carbocycles. The Labute approximate surface area is 205 Å². The van der Waals surface area contributed by atoms with E-state index in [1.54, 1.807) is 43.6 Å². The van der Waals surface area contributed by atoms with Crippen LogP contribution in [0.4, 0.5) is 9.52 Å². The highest BCUT2D eigenvalue weighted by Gasteiger charge is 2.28. The Morgan fingerprint density at radius 3 is 2.66 bits per heavy atom. The zero-order chi connectivity index (χ0) is 24.4. The second-order valence-corrected chi connectivity index (χ2v) is 9.25. The molecule has 176 valence electrons. The lowest BCUT2D eigenvalue weighted by molar-refractivity contribution is 0.0252. The number of carbonyl (C=O) groups is 2. The molecule has 35 heavy (non-hydrogen) atoms. The van der Waals surface area contributed by atoms with Crippen LogP contribution >= 0.6 is 11.3 Å². The van der Waals surface area contributed by atoms with Crippen molar-refractivity contribution in [1.82, 2.24) is 4.98 Å². The zero-order valence-corrected chi connectivity index (χ0v) is 19.6. The highest BCUT2D eigenvalue weighted by Crippen LogP contribution is 2.32. The third kappa shape index (κ3) is 5.07. The van der Waals surface area contributed by atoms with Gasteiger partial charge in [0, 0.05) is 29.5 Å². The fourth-order valence-corrected chi connectivity index (χ4v) is 4.80. The van der Waals surface area contributed by atoms with Gasteiger partial charge in [-0.25, -0.2) is 14.2 Å². The van der Waals surface area contributed by atoms with Crippen molar-refractivity contribution in [3.8, 4) is 5.75 Å². The number of benzene rings is 3. The van der Waals surface area contributed by atoms with Crippen LogP contribution in [-0.2, 0) is 17.6 Å². The number of fused-ring (bicyclic) bond motifs is 1. The number of ether oxygens (including phenoxy) is 2. The van der Waals surface area contributed by atoms with Crippen LogP contribution in [0.2, 0.25) is 0 Å². The number of carbonyl (C=O) groups excluding carboxylic acids is 2. The second-order valence-electron chi connectivity index (χ2n) is 8.13. The van der Waals surface area contributed by atoms with Gasteiger partial charge in [-0.3, -0.25) is 10.1 Å². The number of cyclic esters (lactones) is 1. The number of anilines is 1. The number of nitrogens with zero attached hydrogens (tertiary/aromatic N) is 1. The van der Waals surface area contributed by atoms with E-state index >= 15 is 0 Å². The average Bonchev–Trinajstić information content (AvgIpc) is 3.31. The molecule has 0 saturated carbocycles. The first kappa shape index (κ1) is 22.7. The van der Waals surface area contributed by atoms with Gasteiger partial charge in [-0.15, -0.1) is 11.3 Å². The van der Waals surface area contributed by atoms with Gasteiger partial charge in [0.25, 0.3) is 5.91 Å². The van der Waals surface area contributed by atoms with Crippen molar-refractivity contribution in [2.45, 2.75) is 18.9 Å². The summed E-state index contributed by atoms with van der Waals surface area (Å²) in [6.45, 7) is 0. The summed E-state index contributed by atoms with van der Waals surface area (Å²) in [4.78, 5) is 30.7. The molecule has 1 aliphatic heterocycles. The first-order chi connectivity index (χ1) is 17.0. The zero-order valence-electron chi connectivity index (χ0n) is 18.8. The van der Waals surface area contributed by atoms with Gasteiger partial charge in [0.1, 0.15) is 17.7 Å². The largest absolute Gasteiger partial charge is 0.497 e. The number of hydrogen-bond acceptors (Lipinski definition) is 6.